The smallest absolute Gasteiger partial charge is 0.138 e. The highest BCUT2D eigenvalue weighted by Gasteiger charge is 2.12. The average molecular weight is 256 g/mol. The first-order chi connectivity index (χ1) is 8.17. The zero-order valence-corrected chi connectivity index (χ0v) is 12.1. The third-order valence-corrected chi connectivity index (χ3v) is 4.14. The molecule has 1 aromatic heterocycles. The second-order valence-electron chi connectivity index (χ2n) is 4.61. The van der Waals surface area contributed by atoms with Gasteiger partial charge in [-0.25, -0.2) is 4.98 Å². The Morgan fingerprint density at radius 1 is 1.41 bits per heavy atom. The van der Waals surface area contributed by atoms with Crippen molar-refractivity contribution >= 4 is 11.8 Å². The van der Waals surface area contributed by atoms with Crippen LogP contribution in [0.3, 0.4) is 0 Å². The molecule has 0 spiro atoms. The number of likely N-dealkylation sites (N-methyl/N-ethyl adjacent to an activating group) is 1. The van der Waals surface area contributed by atoms with Crippen LogP contribution in [0.1, 0.15) is 26.6 Å². The molecular formula is C12H24N4S. The highest BCUT2D eigenvalue weighted by Crippen LogP contribution is 2.11. The predicted molar refractivity (Wildman–Crippen MR) is 74.4 cm³/mol. The number of aromatic nitrogens is 3. The minimum atomic E-state index is 0.480. The molecule has 4 nitrogen and oxygen atoms in total. The molecule has 1 N–H and O–H groups in total. The van der Waals surface area contributed by atoms with E-state index in [-0.39, 0.29) is 0 Å². The van der Waals surface area contributed by atoms with Crippen molar-refractivity contribution in [2.45, 2.75) is 39.8 Å². The fourth-order valence-corrected chi connectivity index (χ4v) is 2.80. The summed E-state index contributed by atoms with van der Waals surface area (Å²) in [7, 11) is 2.02. The normalized spacial score (nSPS) is 13.2. The van der Waals surface area contributed by atoms with Gasteiger partial charge in [0.2, 0.25) is 0 Å². The standard InChI is InChI=1S/C12H24N4S/c1-5-16-12(14-9-15-16)6-11(13-4)8-17-7-10(2)3/h9-11,13H,5-8H2,1-4H3. The maximum atomic E-state index is 4.32. The molecule has 0 saturated heterocycles. The summed E-state index contributed by atoms with van der Waals surface area (Å²) in [5, 5.41) is 7.56. The molecule has 1 unspecified atom stereocenters. The Kier molecular flexibility index (Phi) is 6.58. The lowest BCUT2D eigenvalue weighted by molar-refractivity contribution is 0.548. The maximum absolute atomic E-state index is 4.32. The van der Waals surface area contributed by atoms with Crippen molar-refractivity contribution in [1.29, 1.82) is 0 Å². The third-order valence-electron chi connectivity index (χ3n) is 2.60. The van der Waals surface area contributed by atoms with Gasteiger partial charge in [-0.3, -0.25) is 4.68 Å². The molecule has 0 aliphatic heterocycles. The topological polar surface area (TPSA) is 42.7 Å². The first kappa shape index (κ1) is 14.5. The molecule has 0 aliphatic rings. The van der Waals surface area contributed by atoms with E-state index in [0.29, 0.717) is 6.04 Å². The molecule has 1 aromatic rings. The highest BCUT2D eigenvalue weighted by atomic mass is 32.2. The summed E-state index contributed by atoms with van der Waals surface area (Å²) in [5.74, 6) is 4.19. The molecule has 0 aromatic carbocycles. The van der Waals surface area contributed by atoms with Crippen molar-refractivity contribution in [3.8, 4) is 0 Å². The molecule has 1 rings (SSSR count). The van der Waals surface area contributed by atoms with Crippen LogP contribution in [0.5, 0.6) is 0 Å². The molecule has 0 saturated carbocycles. The van der Waals surface area contributed by atoms with Crippen LogP contribution in [-0.2, 0) is 13.0 Å². The molecule has 0 radical (unpaired) electrons. The van der Waals surface area contributed by atoms with E-state index in [2.05, 4.69) is 36.2 Å². The number of thioether (sulfide) groups is 1. The van der Waals surface area contributed by atoms with E-state index < -0.39 is 0 Å². The van der Waals surface area contributed by atoms with Crippen LogP contribution in [-0.4, -0.2) is 39.4 Å². The molecular weight excluding hydrogens is 232 g/mol. The van der Waals surface area contributed by atoms with Gasteiger partial charge in [-0.05, 0) is 25.6 Å². The fourth-order valence-electron chi connectivity index (χ4n) is 1.62. The Bertz CT molecular complexity index is 311. The number of rotatable bonds is 8. The van der Waals surface area contributed by atoms with Crippen LogP contribution in [0.25, 0.3) is 0 Å². The molecule has 0 amide bonds. The summed E-state index contributed by atoms with van der Waals surface area (Å²) >= 11 is 2.01. The Labute approximate surface area is 109 Å². The molecule has 5 heteroatoms. The fraction of sp³-hybridized carbons (Fsp3) is 0.833. The van der Waals surface area contributed by atoms with E-state index in [1.807, 2.05) is 23.5 Å². The molecule has 98 valence electrons. The van der Waals surface area contributed by atoms with Gasteiger partial charge in [0.1, 0.15) is 12.2 Å². The zero-order chi connectivity index (χ0) is 12.7. The molecule has 0 aliphatic carbocycles. The van der Waals surface area contributed by atoms with Crippen molar-refractivity contribution in [3.05, 3.63) is 12.2 Å². The van der Waals surface area contributed by atoms with Crippen molar-refractivity contribution in [2.24, 2.45) is 5.92 Å². The van der Waals surface area contributed by atoms with Crippen molar-refractivity contribution in [2.75, 3.05) is 18.6 Å². The maximum Gasteiger partial charge on any atom is 0.138 e. The number of aryl methyl sites for hydroxylation is 1. The Hall–Kier alpha value is -0.550. The van der Waals surface area contributed by atoms with Gasteiger partial charge in [0.05, 0.1) is 0 Å². The van der Waals surface area contributed by atoms with Crippen LogP contribution in [0.2, 0.25) is 0 Å². The van der Waals surface area contributed by atoms with Gasteiger partial charge < -0.3 is 5.32 Å². The minimum Gasteiger partial charge on any atom is -0.316 e. The lowest BCUT2D eigenvalue weighted by Crippen LogP contribution is -2.31. The predicted octanol–water partition coefficient (Wildman–Crippen LogP) is 1.82. The van der Waals surface area contributed by atoms with E-state index in [1.165, 1.54) is 5.75 Å². The summed E-state index contributed by atoms with van der Waals surface area (Å²) < 4.78 is 1.97. The van der Waals surface area contributed by atoms with E-state index in [4.69, 9.17) is 0 Å². The van der Waals surface area contributed by atoms with Gasteiger partial charge in [0.15, 0.2) is 0 Å². The first-order valence-electron chi connectivity index (χ1n) is 6.29. The van der Waals surface area contributed by atoms with Gasteiger partial charge in [0.25, 0.3) is 0 Å². The van der Waals surface area contributed by atoms with Gasteiger partial charge in [-0.2, -0.15) is 16.9 Å². The largest absolute Gasteiger partial charge is 0.316 e. The van der Waals surface area contributed by atoms with Crippen LogP contribution in [0.15, 0.2) is 6.33 Å². The third kappa shape index (κ3) is 5.08. The van der Waals surface area contributed by atoms with Crippen molar-refractivity contribution in [1.82, 2.24) is 20.1 Å². The van der Waals surface area contributed by atoms with Gasteiger partial charge in [-0.1, -0.05) is 13.8 Å². The van der Waals surface area contributed by atoms with Crippen molar-refractivity contribution < 1.29 is 0 Å². The van der Waals surface area contributed by atoms with Crippen LogP contribution < -0.4 is 5.32 Å². The van der Waals surface area contributed by atoms with Gasteiger partial charge in [-0.15, -0.1) is 0 Å². The average Bonchev–Trinajstić information content (AvgIpc) is 2.74. The first-order valence-corrected chi connectivity index (χ1v) is 7.44. The Morgan fingerprint density at radius 3 is 2.76 bits per heavy atom. The van der Waals surface area contributed by atoms with Crippen LogP contribution in [0, 0.1) is 5.92 Å². The summed E-state index contributed by atoms with van der Waals surface area (Å²) in [6.07, 6.45) is 2.60. The Morgan fingerprint density at radius 2 is 2.18 bits per heavy atom. The summed E-state index contributed by atoms with van der Waals surface area (Å²) in [4.78, 5) is 4.32. The zero-order valence-electron chi connectivity index (χ0n) is 11.3. The van der Waals surface area contributed by atoms with Crippen LogP contribution >= 0.6 is 11.8 Å². The van der Waals surface area contributed by atoms with Crippen molar-refractivity contribution in [3.63, 3.8) is 0 Å². The molecule has 0 bridgehead atoms. The SMILES string of the molecule is CCn1ncnc1CC(CSCC(C)C)NC. The number of nitrogens with zero attached hydrogens (tertiary/aromatic N) is 3. The van der Waals surface area contributed by atoms with Gasteiger partial charge in [0, 0.05) is 24.8 Å². The molecule has 17 heavy (non-hydrogen) atoms. The molecule has 1 heterocycles. The second kappa shape index (κ2) is 7.71. The highest BCUT2D eigenvalue weighted by molar-refractivity contribution is 7.99. The van der Waals surface area contributed by atoms with Gasteiger partial charge >= 0.3 is 0 Å². The number of hydrogen-bond donors (Lipinski definition) is 1. The molecule has 0 fully saturated rings. The quantitative estimate of drug-likeness (QED) is 0.770. The molecule has 1 atom stereocenters. The summed E-state index contributed by atoms with van der Waals surface area (Å²) in [5.41, 5.74) is 0. The Balaban J connectivity index is 2.41. The lowest BCUT2D eigenvalue weighted by Gasteiger charge is -2.16. The monoisotopic (exact) mass is 256 g/mol. The van der Waals surface area contributed by atoms with E-state index in [9.17, 15) is 0 Å². The van der Waals surface area contributed by atoms with Crippen LogP contribution in [0.4, 0.5) is 0 Å². The number of nitrogens with one attached hydrogen (secondary N) is 1. The van der Waals surface area contributed by atoms with E-state index in [0.717, 1.165) is 30.5 Å². The lowest BCUT2D eigenvalue weighted by atomic mass is 10.2. The second-order valence-corrected chi connectivity index (χ2v) is 5.69. The van der Waals surface area contributed by atoms with E-state index in [1.54, 1.807) is 6.33 Å². The summed E-state index contributed by atoms with van der Waals surface area (Å²) in [6, 6.07) is 0.480. The minimum absolute atomic E-state index is 0.480. The number of hydrogen-bond acceptors (Lipinski definition) is 4. The summed E-state index contributed by atoms with van der Waals surface area (Å²) in [6.45, 7) is 7.51. The van der Waals surface area contributed by atoms with E-state index >= 15 is 0 Å².